The Hall–Kier alpha value is 0. The predicted octanol–water partition coefficient (Wildman–Crippen LogP) is 5.56. The third-order valence-electron chi connectivity index (χ3n) is 4.51. The Balaban J connectivity index is 2.63. The first kappa shape index (κ1) is 13.1. The summed E-state index contributed by atoms with van der Waals surface area (Å²) in [6.45, 7) is 9.62. The summed E-state index contributed by atoms with van der Waals surface area (Å²) in [5, 5.41) is 0. The Kier molecular flexibility index (Phi) is 4.67. The average Bonchev–Trinajstić information content (AvgIpc) is 2.18. The molecule has 0 aliphatic heterocycles. The van der Waals surface area contributed by atoms with E-state index in [-0.39, 0.29) is 0 Å². The summed E-state index contributed by atoms with van der Waals surface area (Å²) >= 11 is 0. The molecule has 1 saturated carbocycles. The fourth-order valence-electron chi connectivity index (χ4n) is 3.49. The minimum absolute atomic E-state index is 0.562. The van der Waals surface area contributed by atoms with Crippen LogP contribution in [0.3, 0.4) is 0 Å². The van der Waals surface area contributed by atoms with E-state index in [1.165, 1.54) is 57.8 Å². The maximum Gasteiger partial charge on any atom is -0.0292 e. The molecule has 1 rings (SSSR count). The van der Waals surface area contributed by atoms with E-state index in [4.69, 9.17) is 0 Å². The van der Waals surface area contributed by atoms with Crippen molar-refractivity contribution in [1.82, 2.24) is 0 Å². The Bertz CT molecular complexity index is 167. The molecule has 0 heteroatoms. The van der Waals surface area contributed by atoms with Gasteiger partial charge in [0, 0.05) is 0 Å². The van der Waals surface area contributed by atoms with Crippen molar-refractivity contribution in [2.24, 2.45) is 10.8 Å². The van der Waals surface area contributed by atoms with E-state index in [1.54, 1.807) is 0 Å². The van der Waals surface area contributed by atoms with E-state index in [2.05, 4.69) is 27.7 Å². The van der Waals surface area contributed by atoms with Gasteiger partial charge in [-0.15, -0.1) is 0 Å². The second kappa shape index (κ2) is 5.37. The van der Waals surface area contributed by atoms with Crippen LogP contribution in [0.15, 0.2) is 0 Å². The molecule has 1 aliphatic rings. The van der Waals surface area contributed by atoms with E-state index < -0.39 is 0 Å². The van der Waals surface area contributed by atoms with Crippen LogP contribution in [0.4, 0.5) is 0 Å². The second-order valence-electron chi connectivity index (χ2n) is 6.51. The van der Waals surface area contributed by atoms with Gasteiger partial charge in [0.05, 0.1) is 0 Å². The largest absolute Gasteiger partial charge is 0.0654 e. The number of hydrogen-bond donors (Lipinski definition) is 0. The van der Waals surface area contributed by atoms with E-state index in [0.29, 0.717) is 10.8 Å². The molecule has 0 aromatic rings. The van der Waals surface area contributed by atoms with Gasteiger partial charge in [0.2, 0.25) is 0 Å². The third kappa shape index (κ3) is 3.81. The number of hydrogen-bond acceptors (Lipinski definition) is 0. The lowest BCUT2D eigenvalue weighted by Crippen LogP contribution is -2.30. The molecule has 0 N–H and O–H groups in total. The van der Waals surface area contributed by atoms with Gasteiger partial charge in [0.25, 0.3) is 0 Å². The quantitative estimate of drug-likeness (QED) is 0.557. The van der Waals surface area contributed by atoms with E-state index in [0.717, 1.165) is 0 Å². The van der Waals surface area contributed by atoms with Crippen molar-refractivity contribution in [3.63, 3.8) is 0 Å². The topological polar surface area (TPSA) is 0 Å². The van der Waals surface area contributed by atoms with Crippen LogP contribution in [0.2, 0.25) is 0 Å². The second-order valence-corrected chi connectivity index (χ2v) is 6.51. The van der Waals surface area contributed by atoms with Gasteiger partial charge < -0.3 is 0 Å². The van der Waals surface area contributed by atoms with Crippen molar-refractivity contribution in [1.29, 1.82) is 0 Å². The van der Waals surface area contributed by atoms with Crippen LogP contribution in [0, 0.1) is 10.8 Å². The van der Waals surface area contributed by atoms with Crippen molar-refractivity contribution in [2.45, 2.75) is 85.5 Å². The van der Waals surface area contributed by atoms with Crippen LogP contribution in [0.1, 0.15) is 85.5 Å². The summed E-state index contributed by atoms with van der Waals surface area (Å²) in [5.41, 5.74) is 1.28. The molecule has 0 unspecified atom stereocenters. The molecule has 1 aliphatic carbocycles. The Morgan fingerprint density at radius 1 is 1.00 bits per heavy atom. The first-order chi connectivity index (χ1) is 7.04. The first-order valence-electron chi connectivity index (χ1n) is 7.04. The Morgan fingerprint density at radius 3 is 2.07 bits per heavy atom. The highest BCUT2D eigenvalue weighted by atomic mass is 14.4. The molecule has 0 atom stereocenters. The summed E-state index contributed by atoms with van der Waals surface area (Å²) in [4.78, 5) is 0. The average molecular weight is 210 g/mol. The molecule has 0 radical (unpaired) electrons. The van der Waals surface area contributed by atoms with Crippen LogP contribution in [-0.2, 0) is 0 Å². The van der Waals surface area contributed by atoms with E-state index in [1.807, 2.05) is 0 Å². The Labute approximate surface area is 96.8 Å². The first-order valence-corrected chi connectivity index (χ1v) is 7.04. The Morgan fingerprint density at radius 2 is 1.60 bits per heavy atom. The van der Waals surface area contributed by atoms with Crippen molar-refractivity contribution < 1.29 is 0 Å². The van der Waals surface area contributed by atoms with Gasteiger partial charge in [0.1, 0.15) is 0 Å². The lowest BCUT2D eigenvalue weighted by molar-refractivity contribution is 0.0907. The van der Waals surface area contributed by atoms with E-state index >= 15 is 0 Å². The molecule has 0 heterocycles. The fraction of sp³-hybridized carbons (Fsp3) is 1.00. The molecule has 0 bridgehead atoms. The van der Waals surface area contributed by atoms with Gasteiger partial charge >= 0.3 is 0 Å². The van der Waals surface area contributed by atoms with Crippen molar-refractivity contribution in [3.8, 4) is 0 Å². The zero-order chi connectivity index (χ0) is 11.4. The van der Waals surface area contributed by atoms with Gasteiger partial charge in [-0.2, -0.15) is 0 Å². The van der Waals surface area contributed by atoms with Gasteiger partial charge in [-0.05, 0) is 36.5 Å². The monoisotopic (exact) mass is 210 g/mol. The summed E-state index contributed by atoms with van der Waals surface area (Å²) in [6, 6.07) is 0. The molecular weight excluding hydrogens is 180 g/mol. The normalized spacial score (nSPS) is 21.6. The van der Waals surface area contributed by atoms with Gasteiger partial charge in [-0.1, -0.05) is 59.8 Å². The zero-order valence-corrected chi connectivity index (χ0v) is 11.4. The zero-order valence-electron chi connectivity index (χ0n) is 11.4. The lowest BCUT2D eigenvalue weighted by Gasteiger charge is -2.43. The van der Waals surface area contributed by atoms with Crippen LogP contribution < -0.4 is 0 Å². The smallest absolute Gasteiger partial charge is 0.0292 e. The van der Waals surface area contributed by atoms with Gasteiger partial charge in [0.15, 0.2) is 0 Å². The summed E-state index contributed by atoms with van der Waals surface area (Å²) in [6.07, 6.45) is 13.1. The maximum absolute atomic E-state index is 2.46. The molecule has 0 nitrogen and oxygen atoms in total. The van der Waals surface area contributed by atoms with Gasteiger partial charge in [-0.3, -0.25) is 0 Å². The minimum Gasteiger partial charge on any atom is -0.0654 e. The molecule has 0 amide bonds. The van der Waals surface area contributed by atoms with Crippen molar-refractivity contribution in [2.75, 3.05) is 0 Å². The molecule has 0 saturated heterocycles. The molecule has 0 spiro atoms. The molecule has 90 valence electrons. The minimum atomic E-state index is 0.562. The summed E-state index contributed by atoms with van der Waals surface area (Å²) < 4.78 is 0. The predicted molar refractivity (Wildman–Crippen MR) is 69.1 cm³/mol. The highest BCUT2D eigenvalue weighted by Gasteiger charge is 2.35. The van der Waals surface area contributed by atoms with Crippen molar-refractivity contribution >= 4 is 0 Å². The molecular formula is C15H30. The van der Waals surface area contributed by atoms with E-state index in [9.17, 15) is 0 Å². The standard InChI is InChI=1S/C15H30/c1-5-10-15(11-8-7-9-12-15)13-14(3,4)6-2/h5-13H2,1-4H3. The van der Waals surface area contributed by atoms with Crippen LogP contribution in [0.25, 0.3) is 0 Å². The SMILES string of the molecule is CCCC1(CC(C)(C)CC)CCCCC1. The summed E-state index contributed by atoms with van der Waals surface area (Å²) in [5.74, 6) is 0. The molecule has 1 fully saturated rings. The lowest BCUT2D eigenvalue weighted by atomic mass is 9.63. The molecule has 15 heavy (non-hydrogen) atoms. The summed E-state index contributed by atoms with van der Waals surface area (Å²) in [7, 11) is 0. The number of rotatable bonds is 5. The van der Waals surface area contributed by atoms with Crippen LogP contribution in [-0.4, -0.2) is 0 Å². The van der Waals surface area contributed by atoms with Crippen LogP contribution >= 0.6 is 0 Å². The molecule has 0 aromatic carbocycles. The highest BCUT2D eigenvalue weighted by Crippen LogP contribution is 2.48. The van der Waals surface area contributed by atoms with Crippen molar-refractivity contribution in [3.05, 3.63) is 0 Å². The highest BCUT2D eigenvalue weighted by molar-refractivity contribution is 4.87. The van der Waals surface area contributed by atoms with Gasteiger partial charge in [-0.25, -0.2) is 0 Å². The fourth-order valence-corrected chi connectivity index (χ4v) is 3.49. The third-order valence-corrected chi connectivity index (χ3v) is 4.51. The molecule has 0 aromatic heterocycles. The maximum atomic E-state index is 2.46. The van der Waals surface area contributed by atoms with Crippen LogP contribution in [0.5, 0.6) is 0 Å².